The van der Waals surface area contributed by atoms with Gasteiger partial charge in [-0.2, -0.15) is 0 Å². The predicted molar refractivity (Wildman–Crippen MR) is 101 cm³/mol. The Balaban J connectivity index is 0.00000225. The summed E-state index contributed by atoms with van der Waals surface area (Å²) >= 11 is 6.27. The van der Waals surface area contributed by atoms with Crippen LogP contribution >= 0.6 is 24.0 Å². The zero-order valence-electron chi connectivity index (χ0n) is 14.3. The van der Waals surface area contributed by atoms with Gasteiger partial charge in [0.25, 0.3) is 5.91 Å². The number of para-hydroxylation sites is 1. The number of rotatable bonds is 5. The molecule has 136 valence electrons. The van der Waals surface area contributed by atoms with Gasteiger partial charge in [-0.3, -0.25) is 4.79 Å². The summed E-state index contributed by atoms with van der Waals surface area (Å²) in [4.78, 5) is 16.8. The van der Waals surface area contributed by atoms with E-state index in [4.69, 9.17) is 11.6 Å². The first-order chi connectivity index (χ1) is 11.6. The second kappa shape index (κ2) is 8.65. The Kier molecular flexibility index (Phi) is 6.81. The van der Waals surface area contributed by atoms with Crippen LogP contribution in [-0.4, -0.2) is 39.8 Å². The van der Waals surface area contributed by atoms with E-state index >= 15 is 0 Å². The fourth-order valence-electron chi connectivity index (χ4n) is 2.82. The third-order valence-electron chi connectivity index (χ3n) is 4.10. The van der Waals surface area contributed by atoms with E-state index in [0.29, 0.717) is 23.4 Å². The van der Waals surface area contributed by atoms with Gasteiger partial charge in [0.1, 0.15) is 5.82 Å². The number of aromatic nitrogens is 3. The van der Waals surface area contributed by atoms with Crippen LogP contribution in [0.4, 0.5) is 0 Å². The number of benzene rings is 1. The molecular formula is C17H23Cl2N5O. The first-order valence-electron chi connectivity index (χ1n) is 8.29. The molecule has 1 saturated heterocycles. The van der Waals surface area contributed by atoms with E-state index in [9.17, 15) is 4.79 Å². The second-order valence-corrected chi connectivity index (χ2v) is 6.72. The molecule has 1 unspecified atom stereocenters. The first kappa shape index (κ1) is 19.7. The van der Waals surface area contributed by atoms with Gasteiger partial charge < -0.3 is 10.6 Å². The summed E-state index contributed by atoms with van der Waals surface area (Å²) in [5, 5.41) is 11.2. The lowest BCUT2D eigenvalue weighted by atomic mass is 10.2. The summed E-state index contributed by atoms with van der Waals surface area (Å²) < 4.78 is 1.66. The average molecular weight is 384 g/mol. The third kappa shape index (κ3) is 4.51. The van der Waals surface area contributed by atoms with E-state index in [2.05, 4.69) is 20.7 Å². The lowest BCUT2D eigenvalue weighted by Gasteiger charge is -2.09. The molecule has 1 fully saturated rings. The van der Waals surface area contributed by atoms with Gasteiger partial charge in [0.2, 0.25) is 5.82 Å². The smallest absolute Gasteiger partial charge is 0.291 e. The number of hydrogen-bond donors (Lipinski definition) is 2. The Bertz CT molecular complexity index is 726. The van der Waals surface area contributed by atoms with Crippen LogP contribution in [0.3, 0.4) is 0 Å². The highest BCUT2D eigenvalue weighted by molar-refractivity contribution is 6.32. The van der Waals surface area contributed by atoms with E-state index in [0.717, 1.165) is 25.1 Å². The largest absolute Gasteiger partial charge is 0.348 e. The van der Waals surface area contributed by atoms with Crippen LogP contribution in [0.2, 0.25) is 5.02 Å². The summed E-state index contributed by atoms with van der Waals surface area (Å²) in [7, 11) is 0. The van der Waals surface area contributed by atoms with Gasteiger partial charge in [-0.05, 0) is 31.5 Å². The SMILES string of the molecule is CC(C)c1nc(C(=O)NCC2CCCN2)nn1-c1ccccc1Cl.Cl. The summed E-state index contributed by atoms with van der Waals surface area (Å²) in [5.41, 5.74) is 0.729. The molecule has 0 saturated carbocycles. The molecule has 6 nitrogen and oxygen atoms in total. The maximum Gasteiger partial charge on any atom is 0.291 e. The minimum Gasteiger partial charge on any atom is -0.348 e. The summed E-state index contributed by atoms with van der Waals surface area (Å²) in [6, 6.07) is 7.75. The molecule has 3 rings (SSSR count). The Morgan fingerprint density at radius 2 is 2.20 bits per heavy atom. The third-order valence-corrected chi connectivity index (χ3v) is 4.42. The van der Waals surface area contributed by atoms with Crippen LogP contribution in [0.15, 0.2) is 24.3 Å². The van der Waals surface area contributed by atoms with Gasteiger partial charge in [0, 0.05) is 18.5 Å². The average Bonchev–Trinajstić information content (AvgIpc) is 3.22. The lowest BCUT2D eigenvalue weighted by Crippen LogP contribution is -2.37. The molecule has 25 heavy (non-hydrogen) atoms. The monoisotopic (exact) mass is 383 g/mol. The summed E-state index contributed by atoms with van der Waals surface area (Å²) in [6.45, 7) is 5.64. The van der Waals surface area contributed by atoms with Crippen LogP contribution in [-0.2, 0) is 0 Å². The predicted octanol–water partition coefficient (Wildman–Crippen LogP) is 2.95. The quantitative estimate of drug-likeness (QED) is 0.832. The molecule has 0 bridgehead atoms. The van der Waals surface area contributed by atoms with Gasteiger partial charge in [0.05, 0.1) is 10.7 Å². The molecule has 1 aromatic heterocycles. The van der Waals surface area contributed by atoms with E-state index in [1.165, 1.54) is 0 Å². The fourth-order valence-corrected chi connectivity index (χ4v) is 3.04. The maximum atomic E-state index is 12.4. The number of nitrogens with zero attached hydrogens (tertiary/aromatic N) is 3. The molecule has 1 aliphatic heterocycles. The zero-order chi connectivity index (χ0) is 17.1. The standard InChI is InChI=1S/C17H22ClN5O.ClH/c1-11(2)16-21-15(17(24)20-10-12-6-5-9-19-12)22-23(16)14-8-4-3-7-13(14)18;/h3-4,7-8,11-12,19H,5-6,9-10H2,1-2H3,(H,20,24);1H. The number of halogens is 2. The van der Waals surface area contributed by atoms with Gasteiger partial charge >= 0.3 is 0 Å². The molecule has 2 N–H and O–H groups in total. The number of hydrogen-bond acceptors (Lipinski definition) is 4. The highest BCUT2D eigenvalue weighted by Crippen LogP contribution is 2.23. The van der Waals surface area contributed by atoms with E-state index in [-0.39, 0.29) is 30.1 Å². The molecule has 1 aliphatic rings. The molecule has 0 spiro atoms. The van der Waals surface area contributed by atoms with Crippen LogP contribution < -0.4 is 10.6 Å². The summed E-state index contributed by atoms with van der Waals surface area (Å²) in [6.07, 6.45) is 2.23. The van der Waals surface area contributed by atoms with Crippen molar-refractivity contribution < 1.29 is 4.79 Å². The van der Waals surface area contributed by atoms with Crippen LogP contribution in [0.5, 0.6) is 0 Å². The van der Waals surface area contributed by atoms with Crippen molar-refractivity contribution in [2.45, 2.75) is 38.6 Å². The Labute approximate surface area is 158 Å². The molecule has 1 aromatic carbocycles. The Morgan fingerprint density at radius 1 is 1.44 bits per heavy atom. The van der Waals surface area contributed by atoms with Crippen LogP contribution in [0.1, 0.15) is 49.1 Å². The van der Waals surface area contributed by atoms with Crippen molar-refractivity contribution >= 4 is 29.9 Å². The topological polar surface area (TPSA) is 71.8 Å². The van der Waals surface area contributed by atoms with Crippen molar-refractivity contribution in [2.75, 3.05) is 13.1 Å². The Hall–Kier alpha value is -1.63. The molecule has 0 aliphatic carbocycles. The van der Waals surface area contributed by atoms with E-state index < -0.39 is 0 Å². The van der Waals surface area contributed by atoms with Crippen molar-refractivity contribution in [1.29, 1.82) is 0 Å². The number of amides is 1. The van der Waals surface area contributed by atoms with Crippen molar-refractivity contribution in [1.82, 2.24) is 25.4 Å². The molecule has 2 heterocycles. The van der Waals surface area contributed by atoms with E-state index in [1.54, 1.807) is 10.7 Å². The van der Waals surface area contributed by atoms with Crippen molar-refractivity contribution in [3.63, 3.8) is 0 Å². The van der Waals surface area contributed by atoms with E-state index in [1.807, 2.05) is 32.0 Å². The second-order valence-electron chi connectivity index (χ2n) is 6.31. The summed E-state index contributed by atoms with van der Waals surface area (Å²) in [5.74, 6) is 0.757. The molecule has 1 atom stereocenters. The minimum absolute atomic E-state index is 0. The van der Waals surface area contributed by atoms with Crippen molar-refractivity contribution in [3.05, 3.63) is 40.9 Å². The zero-order valence-corrected chi connectivity index (χ0v) is 15.9. The number of nitrogens with one attached hydrogen (secondary N) is 2. The van der Waals surface area contributed by atoms with Gasteiger partial charge in [-0.15, -0.1) is 17.5 Å². The highest BCUT2D eigenvalue weighted by atomic mass is 35.5. The highest BCUT2D eigenvalue weighted by Gasteiger charge is 2.21. The van der Waals surface area contributed by atoms with Gasteiger partial charge in [-0.1, -0.05) is 37.6 Å². The normalized spacial score (nSPS) is 16.7. The number of carbonyl (C=O) groups excluding carboxylic acids is 1. The maximum absolute atomic E-state index is 12.4. The first-order valence-corrected chi connectivity index (χ1v) is 8.67. The van der Waals surface area contributed by atoms with Crippen molar-refractivity contribution in [3.8, 4) is 5.69 Å². The van der Waals surface area contributed by atoms with Gasteiger partial charge in [0.15, 0.2) is 0 Å². The lowest BCUT2D eigenvalue weighted by molar-refractivity contribution is 0.0940. The molecule has 0 radical (unpaired) electrons. The minimum atomic E-state index is -0.253. The van der Waals surface area contributed by atoms with Crippen LogP contribution in [0.25, 0.3) is 5.69 Å². The molecular weight excluding hydrogens is 361 g/mol. The van der Waals surface area contributed by atoms with Gasteiger partial charge in [-0.25, -0.2) is 9.67 Å². The molecule has 2 aromatic rings. The molecule has 1 amide bonds. The Morgan fingerprint density at radius 3 is 2.84 bits per heavy atom. The molecule has 8 heteroatoms. The van der Waals surface area contributed by atoms with Crippen LogP contribution in [0, 0.1) is 0 Å². The van der Waals surface area contributed by atoms with Crippen molar-refractivity contribution in [2.24, 2.45) is 0 Å². The number of carbonyl (C=O) groups is 1. The fraction of sp³-hybridized carbons (Fsp3) is 0.471.